The summed E-state index contributed by atoms with van der Waals surface area (Å²) >= 11 is -1.19. The van der Waals surface area contributed by atoms with E-state index in [2.05, 4.69) is 9.44 Å². The molecule has 1 unspecified atom stereocenters. The van der Waals surface area contributed by atoms with Gasteiger partial charge in [0.05, 0.1) is 12.3 Å². The van der Waals surface area contributed by atoms with E-state index >= 15 is 0 Å². The number of benzene rings is 1. The average Bonchev–Trinajstić information content (AvgIpc) is 2.28. The molecule has 0 fully saturated rings. The van der Waals surface area contributed by atoms with Crippen LogP contribution in [0.25, 0.3) is 0 Å². The Morgan fingerprint density at radius 2 is 2.38 bits per heavy atom. The molecule has 16 heavy (non-hydrogen) atoms. The van der Waals surface area contributed by atoms with Gasteiger partial charge in [0.25, 0.3) is 0 Å². The number of aliphatic hydroxyl groups excluding tert-OH is 1. The molecule has 0 aromatic heterocycles. The number of nitrogens with one attached hydrogen (secondary N) is 2. The van der Waals surface area contributed by atoms with Crippen LogP contribution in [0.5, 0.6) is 0 Å². The van der Waals surface area contributed by atoms with Crippen LogP contribution in [0, 0.1) is 0 Å². The van der Waals surface area contributed by atoms with Crippen molar-refractivity contribution in [2.75, 3.05) is 29.8 Å². The summed E-state index contributed by atoms with van der Waals surface area (Å²) in [4.78, 5) is 1.95. The summed E-state index contributed by atoms with van der Waals surface area (Å²) in [6, 6.07) is 5.94. The molecule has 1 heterocycles. The lowest BCUT2D eigenvalue weighted by atomic mass is 10.1. The van der Waals surface area contributed by atoms with Crippen LogP contribution in [-0.2, 0) is 17.7 Å². The molecule has 1 aliphatic heterocycles. The predicted molar refractivity (Wildman–Crippen MR) is 65.4 cm³/mol. The van der Waals surface area contributed by atoms with Crippen molar-refractivity contribution >= 4 is 22.5 Å². The lowest BCUT2D eigenvalue weighted by Crippen LogP contribution is -2.29. The Morgan fingerprint density at radius 1 is 1.56 bits per heavy atom. The van der Waals surface area contributed by atoms with Gasteiger partial charge in [-0.2, -0.15) is 0 Å². The summed E-state index contributed by atoms with van der Waals surface area (Å²) in [5.41, 5.74) is 2.99. The van der Waals surface area contributed by atoms with E-state index in [0.29, 0.717) is 13.1 Å². The highest BCUT2D eigenvalue weighted by Gasteiger charge is 2.13. The third kappa shape index (κ3) is 2.34. The third-order valence-electron chi connectivity index (χ3n) is 2.57. The van der Waals surface area contributed by atoms with Gasteiger partial charge in [-0.1, -0.05) is 6.07 Å². The van der Waals surface area contributed by atoms with Crippen LogP contribution in [0.3, 0.4) is 0 Å². The maximum absolute atomic E-state index is 11.3. The number of aliphatic hydroxyl groups is 1. The predicted octanol–water partition coefficient (Wildman–Crippen LogP) is 0.209. The number of rotatable bonds is 3. The van der Waals surface area contributed by atoms with E-state index < -0.39 is 11.2 Å². The van der Waals surface area contributed by atoms with Gasteiger partial charge in [-0.25, -0.2) is 8.93 Å². The van der Waals surface area contributed by atoms with Crippen LogP contribution in [-0.4, -0.2) is 29.5 Å². The number of anilines is 2. The Bertz CT molecular complexity index is 411. The van der Waals surface area contributed by atoms with Gasteiger partial charge in [0.2, 0.25) is 0 Å². The van der Waals surface area contributed by atoms with Crippen molar-refractivity contribution in [2.45, 2.75) is 6.54 Å². The van der Waals surface area contributed by atoms with Gasteiger partial charge in [0.1, 0.15) is 0 Å². The Balaban J connectivity index is 2.24. The number of likely N-dealkylation sites (N-methyl/N-ethyl adjacent to an activating group) is 1. The number of fused-ring (bicyclic) bond motifs is 1. The fraction of sp³-hybridized carbons (Fsp3) is 0.400. The maximum Gasteiger partial charge on any atom is 0.193 e. The molecular formula is C10H15N3O2S. The third-order valence-corrected chi connectivity index (χ3v) is 3.38. The van der Waals surface area contributed by atoms with Crippen LogP contribution in [0.1, 0.15) is 5.56 Å². The molecule has 88 valence electrons. The Labute approximate surface area is 97.2 Å². The molecule has 0 bridgehead atoms. The zero-order chi connectivity index (χ0) is 11.5. The number of hydrogen-bond acceptors (Lipinski definition) is 3. The quantitative estimate of drug-likeness (QED) is 0.709. The monoisotopic (exact) mass is 241 g/mol. The summed E-state index contributed by atoms with van der Waals surface area (Å²) in [5.74, 6) is 0. The first kappa shape index (κ1) is 11.4. The first-order valence-corrected chi connectivity index (χ1v) is 6.22. The zero-order valence-electron chi connectivity index (χ0n) is 9.06. The van der Waals surface area contributed by atoms with E-state index in [1.807, 2.05) is 30.1 Å². The van der Waals surface area contributed by atoms with E-state index in [1.54, 1.807) is 0 Å². The molecule has 1 atom stereocenters. The molecule has 0 saturated heterocycles. The molecule has 3 N–H and O–H groups in total. The van der Waals surface area contributed by atoms with Crippen molar-refractivity contribution in [2.24, 2.45) is 0 Å². The topological polar surface area (TPSA) is 64.6 Å². The van der Waals surface area contributed by atoms with Crippen LogP contribution in [0.4, 0.5) is 11.4 Å². The minimum atomic E-state index is -1.19. The van der Waals surface area contributed by atoms with Crippen LogP contribution in [0.15, 0.2) is 18.2 Å². The maximum atomic E-state index is 11.3. The second kappa shape index (κ2) is 4.82. The van der Waals surface area contributed by atoms with E-state index in [4.69, 9.17) is 5.11 Å². The lowest BCUT2D eigenvalue weighted by Gasteiger charge is -2.23. The Morgan fingerprint density at radius 3 is 3.12 bits per heavy atom. The zero-order valence-corrected chi connectivity index (χ0v) is 9.88. The number of nitrogens with zero attached hydrogens (tertiary/aromatic N) is 1. The Hall–Kier alpha value is -1.11. The number of hydrogen-bond donors (Lipinski definition) is 3. The van der Waals surface area contributed by atoms with Gasteiger partial charge in [-0.15, -0.1) is 0 Å². The average molecular weight is 241 g/mol. The molecule has 0 aliphatic carbocycles. The minimum Gasteiger partial charge on any atom is -0.395 e. The molecule has 2 rings (SSSR count). The first-order valence-electron chi connectivity index (χ1n) is 5.07. The molecule has 0 saturated carbocycles. The highest BCUT2D eigenvalue weighted by molar-refractivity contribution is 7.84. The van der Waals surface area contributed by atoms with Crippen LogP contribution >= 0.6 is 0 Å². The Kier molecular flexibility index (Phi) is 3.42. The molecule has 6 heteroatoms. The fourth-order valence-electron chi connectivity index (χ4n) is 1.61. The first-order chi connectivity index (χ1) is 7.70. The fourth-order valence-corrected chi connectivity index (χ4v) is 2.36. The van der Waals surface area contributed by atoms with Crippen molar-refractivity contribution in [3.63, 3.8) is 0 Å². The van der Waals surface area contributed by atoms with Crippen molar-refractivity contribution in [3.05, 3.63) is 23.8 Å². The van der Waals surface area contributed by atoms with Crippen molar-refractivity contribution < 1.29 is 9.32 Å². The van der Waals surface area contributed by atoms with E-state index in [1.165, 1.54) is 0 Å². The summed E-state index contributed by atoms with van der Waals surface area (Å²) in [5, 5.41) is 8.86. The molecule has 0 spiro atoms. The van der Waals surface area contributed by atoms with Crippen molar-refractivity contribution in [1.82, 2.24) is 4.72 Å². The van der Waals surface area contributed by atoms with E-state index in [9.17, 15) is 4.21 Å². The summed E-state index contributed by atoms with van der Waals surface area (Å²) < 4.78 is 17.0. The van der Waals surface area contributed by atoms with Gasteiger partial charge >= 0.3 is 0 Å². The standard InChI is InChI=1S/C10H15N3O2S/c1-13(4-5-14)9-3-2-8-7-11-16(15)12-10(8)6-9/h2-3,6,11-12,14H,4-5,7H2,1H3. The molecule has 1 aliphatic rings. The van der Waals surface area contributed by atoms with Crippen LogP contribution < -0.4 is 14.3 Å². The minimum absolute atomic E-state index is 0.120. The van der Waals surface area contributed by atoms with Gasteiger partial charge in [0, 0.05) is 25.8 Å². The summed E-state index contributed by atoms with van der Waals surface area (Å²) in [7, 11) is 1.91. The van der Waals surface area contributed by atoms with E-state index in [0.717, 1.165) is 16.9 Å². The van der Waals surface area contributed by atoms with Crippen molar-refractivity contribution in [1.29, 1.82) is 0 Å². The normalized spacial score (nSPS) is 18.8. The molecule has 0 radical (unpaired) electrons. The molecule has 1 aromatic carbocycles. The molecule has 0 amide bonds. The van der Waals surface area contributed by atoms with E-state index in [-0.39, 0.29) is 6.61 Å². The van der Waals surface area contributed by atoms with Crippen molar-refractivity contribution in [3.8, 4) is 0 Å². The molecule has 1 aromatic rings. The lowest BCUT2D eigenvalue weighted by molar-refractivity contribution is 0.304. The second-order valence-corrected chi connectivity index (χ2v) is 4.71. The smallest absolute Gasteiger partial charge is 0.193 e. The highest BCUT2D eigenvalue weighted by atomic mass is 32.2. The molecule has 5 nitrogen and oxygen atoms in total. The second-order valence-electron chi connectivity index (χ2n) is 3.68. The van der Waals surface area contributed by atoms with Crippen LogP contribution in [0.2, 0.25) is 0 Å². The van der Waals surface area contributed by atoms with Gasteiger partial charge in [0.15, 0.2) is 11.2 Å². The van der Waals surface area contributed by atoms with Gasteiger partial charge in [-0.3, -0.25) is 4.72 Å². The van der Waals surface area contributed by atoms with Gasteiger partial charge in [-0.05, 0) is 17.7 Å². The summed E-state index contributed by atoms with van der Waals surface area (Å²) in [6.45, 7) is 1.31. The highest BCUT2D eigenvalue weighted by Crippen LogP contribution is 2.25. The largest absolute Gasteiger partial charge is 0.395 e. The van der Waals surface area contributed by atoms with Gasteiger partial charge < -0.3 is 10.0 Å². The summed E-state index contributed by atoms with van der Waals surface area (Å²) in [6.07, 6.45) is 0. The molecular weight excluding hydrogens is 226 g/mol. The SMILES string of the molecule is CN(CCO)c1ccc2c(c1)NS(=O)NC2.